The Morgan fingerprint density at radius 2 is 1.55 bits per heavy atom. The van der Waals surface area contributed by atoms with E-state index in [9.17, 15) is 13.2 Å². The van der Waals surface area contributed by atoms with Crippen molar-refractivity contribution in [1.82, 2.24) is 9.62 Å². The number of ether oxygens (including phenoxy) is 1. The van der Waals surface area contributed by atoms with Crippen LogP contribution in [0, 0.1) is 0 Å². The number of amides is 1. The molecule has 1 aliphatic carbocycles. The lowest BCUT2D eigenvalue weighted by Gasteiger charge is -2.23. The number of methoxy groups -OCH3 is 1. The molecule has 162 valence electrons. The van der Waals surface area contributed by atoms with Crippen molar-refractivity contribution in [2.24, 2.45) is 0 Å². The Balaban J connectivity index is 1.81. The minimum absolute atomic E-state index is 0.137. The summed E-state index contributed by atoms with van der Waals surface area (Å²) in [5.41, 5.74) is 0.297. The van der Waals surface area contributed by atoms with E-state index in [0.717, 1.165) is 51.4 Å². The van der Waals surface area contributed by atoms with Gasteiger partial charge in [-0.3, -0.25) is 4.79 Å². The predicted octanol–water partition coefficient (Wildman–Crippen LogP) is 4.10. The summed E-state index contributed by atoms with van der Waals surface area (Å²) in [6.07, 6.45) is 11.7. The second-order valence-corrected chi connectivity index (χ2v) is 10.1. The van der Waals surface area contributed by atoms with Gasteiger partial charge >= 0.3 is 0 Å². The summed E-state index contributed by atoms with van der Waals surface area (Å²) in [5, 5.41) is 3.12. The lowest BCUT2D eigenvalue weighted by Crippen LogP contribution is -2.36. The van der Waals surface area contributed by atoms with Crippen molar-refractivity contribution in [3.63, 3.8) is 0 Å². The maximum atomic E-state index is 13.1. The third-order valence-corrected chi connectivity index (χ3v) is 7.95. The molecule has 7 heteroatoms. The Labute approximate surface area is 175 Å². The zero-order chi connectivity index (χ0) is 20.7. The van der Waals surface area contributed by atoms with Crippen molar-refractivity contribution in [3.05, 3.63) is 23.8 Å². The number of nitrogens with zero attached hydrogens (tertiary/aromatic N) is 1. The molecule has 0 atom stereocenters. The van der Waals surface area contributed by atoms with Crippen LogP contribution in [-0.2, 0) is 10.0 Å². The van der Waals surface area contributed by atoms with Gasteiger partial charge in [-0.15, -0.1) is 0 Å². The fourth-order valence-corrected chi connectivity index (χ4v) is 5.86. The molecule has 1 aliphatic heterocycles. The van der Waals surface area contributed by atoms with Gasteiger partial charge in [0.1, 0.15) is 5.75 Å². The number of benzene rings is 1. The highest BCUT2D eigenvalue weighted by Crippen LogP contribution is 2.27. The molecule has 1 aromatic rings. The first kappa shape index (κ1) is 22.1. The van der Waals surface area contributed by atoms with E-state index in [2.05, 4.69) is 5.32 Å². The van der Waals surface area contributed by atoms with Crippen molar-refractivity contribution in [3.8, 4) is 5.75 Å². The first-order valence-electron chi connectivity index (χ1n) is 11.0. The standard InChI is InChI=1S/C22H34N2O4S/c1-28-21-14-13-19(29(26,27)24-15-9-5-6-10-16-24)17-20(21)22(25)23-18-11-7-3-2-4-8-12-18/h13-14,17-18H,2-12,15-16H2,1H3,(H,23,25). The Morgan fingerprint density at radius 1 is 0.966 bits per heavy atom. The van der Waals surface area contributed by atoms with E-state index >= 15 is 0 Å². The fourth-order valence-electron chi connectivity index (χ4n) is 4.32. The second kappa shape index (κ2) is 10.4. The first-order valence-corrected chi connectivity index (χ1v) is 12.5. The average Bonchev–Trinajstić information content (AvgIpc) is 2.99. The Hall–Kier alpha value is -1.60. The fraction of sp³-hybridized carbons (Fsp3) is 0.682. The first-order chi connectivity index (χ1) is 14.0. The molecule has 0 unspecified atom stereocenters. The molecule has 0 bridgehead atoms. The minimum Gasteiger partial charge on any atom is -0.496 e. The van der Waals surface area contributed by atoms with E-state index in [0.29, 0.717) is 24.4 Å². The summed E-state index contributed by atoms with van der Waals surface area (Å²) < 4.78 is 33.2. The zero-order valence-electron chi connectivity index (χ0n) is 17.5. The van der Waals surface area contributed by atoms with Gasteiger partial charge in [-0.1, -0.05) is 44.9 Å². The second-order valence-electron chi connectivity index (χ2n) is 8.20. The summed E-state index contributed by atoms with van der Waals surface area (Å²) in [4.78, 5) is 13.2. The van der Waals surface area contributed by atoms with Crippen LogP contribution in [0.3, 0.4) is 0 Å². The number of hydrogen-bond acceptors (Lipinski definition) is 4. The maximum Gasteiger partial charge on any atom is 0.255 e. The third kappa shape index (κ3) is 5.72. The quantitative estimate of drug-likeness (QED) is 0.775. The molecule has 1 saturated heterocycles. The highest BCUT2D eigenvalue weighted by atomic mass is 32.2. The van der Waals surface area contributed by atoms with Crippen LogP contribution in [0.15, 0.2) is 23.1 Å². The smallest absolute Gasteiger partial charge is 0.255 e. The zero-order valence-corrected chi connectivity index (χ0v) is 18.3. The van der Waals surface area contributed by atoms with Gasteiger partial charge < -0.3 is 10.1 Å². The monoisotopic (exact) mass is 422 g/mol. The average molecular weight is 423 g/mol. The van der Waals surface area contributed by atoms with Gasteiger partial charge in [-0.25, -0.2) is 8.42 Å². The van der Waals surface area contributed by atoms with E-state index in [1.54, 1.807) is 16.4 Å². The van der Waals surface area contributed by atoms with Crippen LogP contribution in [0.5, 0.6) is 5.75 Å². The number of sulfonamides is 1. The maximum absolute atomic E-state index is 13.1. The molecular formula is C22H34N2O4S. The number of carbonyl (C=O) groups excluding carboxylic acids is 1. The van der Waals surface area contributed by atoms with Gasteiger partial charge in [0.05, 0.1) is 17.6 Å². The van der Waals surface area contributed by atoms with E-state index in [1.807, 2.05) is 0 Å². The molecule has 0 aromatic heterocycles. The van der Waals surface area contributed by atoms with Gasteiger partial charge in [0, 0.05) is 19.1 Å². The molecule has 2 aliphatic rings. The number of carbonyl (C=O) groups is 1. The molecule has 29 heavy (non-hydrogen) atoms. The topological polar surface area (TPSA) is 75.7 Å². The number of hydrogen-bond donors (Lipinski definition) is 1. The Bertz CT molecular complexity index is 778. The van der Waals surface area contributed by atoms with Crippen molar-refractivity contribution >= 4 is 15.9 Å². The molecule has 1 aromatic carbocycles. The number of nitrogens with one attached hydrogen (secondary N) is 1. The van der Waals surface area contributed by atoms with Gasteiger partial charge in [-0.05, 0) is 43.9 Å². The van der Waals surface area contributed by atoms with Crippen LogP contribution in [0.4, 0.5) is 0 Å². The van der Waals surface area contributed by atoms with Gasteiger partial charge in [-0.2, -0.15) is 4.31 Å². The SMILES string of the molecule is COc1ccc(S(=O)(=O)N2CCCCCC2)cc1C(=O)NC1CCCCCCC1. The predicted molar refractivity (Wildman–Crippen MR) is 114 cm³/mol. The van der Waals surface area contributed by atoms with E-state index in [4.69, 9.17) is 4.74 Å². The van der Waals surface area contributed by atoms with Crippen LogP contribution in [0.25, 0.3) is 0 Å². The van der Waals surface area contributed by atoms with Crippen LogP contribution >= 0.6 is 0 Å². The highest BCUT2D eigenvalue weighted by molar-refractivity contribution is 7.89. The molecule has 1 saturated carbocycles. The van der Waals surface area contributed by atoms with E-state index in [1.165, 1.54) is 32.4 Å². The molecule has 1 N–H and O–H groups in total. The molecule has 3 rings (SSSR count). The summed E-state index contributed by atoms with van der Waals surface area (Å²) in [5.74, 6) is 0.156. The van der Waals surface area contributed by atoms with Gasteiger partial charge in [0.15, 0.2) is 0 Å². The third-order valence-electron chi connectivity index (χ3n) is 6.06. The van der Waals surface area contributed by atoms with Crippen molar-refractivity contribution < 1.29 is 17.9 Å². The van der Waals surface area contributed by atoms with Crippen LogP contribution < -0.4 is 10.1 Å². The van der Waals surface area contributed by atoms with Crippen LogP contribution in [-0.4, -0.2) is 44.9 Å². The van der Waals surface area contributed by atoms with Gasteiger partial charge in [0.2, 0.25) is 10.0 Å². The lowest BCUT2D eigenvalue weighted by atomic mass is 9.96. The molecule has 0 radical (unpaired) electrons. The lowest BCUT2D eigenvalue weighted by molar-refractivity contribution is 0.0927. The minimum atomic E-state index is -3.61. The number of rotatable bonds is 5. The van der Waals surface area contributed by atoms with E-state index < -0.39 is 10.0 Å². The molecular weight excluding hydrogens is 388 g/mol. The van der Waals surface area contributed by atoms with Crippen LogP contribution in [0.2, 0.25) is 0 Å². The molecule has 1 heterocycles. The van der Waals surface area contributed by atoms with Crippen LogP contribution in [0.1, 0.15) is 81.0 Å². The summed E-state index contributed by atoms with van der Waals surface area (Å²) >= 11 is 0. The Kier molecular flexibility index (Phi) is 7.95. The van der Waals surface area contributed by atoms with Crippen molar-refractivity contribution in [1.29, 1.82) is 0 Å². The van der Waals surface area contributed by atoms with Crippen molar-refractivity contribution in [2.75, 3.05) is 20.2 Å². The largest absolute Gasteiger partial charge is 0.496 e. The highest BCUT2D eigenvalue weighted by Gasteiger charge is 2.27. The van der Waals surface area contributed by atoms with Gasteiger partial charge in [0.25, 0.3) is 5.91 Å². The molecule has 2 fully saturated rings. The summed E-state index contributed by atoms with van der Waals surface area (Å²) in [7, 11) is -2.11. The van der Waals surface area contributed by atoms with Crippen molar-refractivity contribution in [2.45, 2.75) is 81.6 Å². The summed E-state index contributed by atoms with van der Waals surface area (Å²) in [6.45, 7) is 1.08. The molecule has 1 amide bonds. The Morgan fingerprint density at radius 3 is 2.17 bits per heavy atom. The summed E-state index contributed by atoms with van der Waals surface area (Å²) in [6, 6.07) is 4.76. The normalized spacial score (nSPS) is 20.3. The van der Waals surface area contributed by atoms with E-state index in [-0.39, 0.29) is 16.8 Å². The molecule has 0 spiro atoms. The molecule has 6 nitrogen and oxygen atoms in total.